The van der Waals surface area contributed by atoms with Crippen molar-refractivity contribution in [1.29, 1.82) is 0 Å². The Labute approximate surface area is 239 Å². The Kier molecular flexibility index (Phi) is 9.21. The predicted octanol–water partition coefficient (Wildman–Crippen LogP) is 3.72. The summed E-state index contributed by atoms with van der Waals surface area (Å²) in [7, 11) is 4.71. The number of hydrogen-bond donors (Lipinski definition) is 1. The molecule has 1 fully saturated rings. The Morgan fingerprint density at radius 2 is 1.70 bits per heavy atom. The quantitative estimate of drug-likeness (QED) is 0.483. The molecule has 11 heteroatoms. The van der Waals surface area contributed by atoms with Gasteiger partial charge in [-0.05, 0) is 55.8 Å². The van der Waals surface area contributed by atoms with Gasteiger partial charge in [0.2, 0.25) is 0 Å². The summed E-state index contributed by atoms with van der Waals surface area (Å²) < 4.78 is 16.3. The van der Waals surface area contributed by atoms with Gasteiger partial charge in [0.15, 0.2) is 0 Å². The molecule has 2 atom stereocenters. The summed E-state index contributed by atoms with van der Waals surface area (Å²) in [6.07, 6.45) is 0. The number of benzene rings is 2. The highest BCUT2D eigenvalue weighted by atomic mass is 35.5. The van der Waals surface area contributed by atoms with E-state index in [0.29, 0.717) is 65.1 Å². The number of esters is 1. The Morgan fingerprint density at radius 1 is 1.05 bits per heavy atom. The zero-order valence-corrected chi connectivity index (χ0v) is 24.2. The molecule has 0 saturated carbocycles. The van der Waals surface area contributed by atoms with Crippen LogP contribution in [0.2, 0.25) is 5.02 Å². The second-order valence-corrected chi connectivity index (χ2v) is 10.2. The second-order valence-electron chi connectivity index (χ2n) is 9.76. The molecular formula is C29H35ClN4O6. The number of rotatable bonds is 8. The third-order valence-electron chi connectivity index (χ3n) is 7.22. The fraction of sp³-hybridized carbons (Fsp3) is 0.414. The van der Waals surface area contributed by atoms with Gasteiger partial charge in [-0.15, -0.1) is 0 Å². The van der Waals surface area contributed by atoms with E-state index in [1.165, 1.54) is 19.1 Å². The molecular weight excluding hydrogens is 536 g/mol. The molecule has 10 nitrogen and oxygen atoms in total. The fourth-order valence-corrected chi connectivity index (χ4v) is 5.22. The molecule has 0 aliphatic carbocycles. The van der Waals surface area contributed by atoms with Crippen molar-refractivity contribution >= 4 is 29.5 Å². The molecule has 0 bridgehead atoms. The van der Waals surface area contributed by atoms with Gasteiger partial charge in [-0.2, -0.15) is 0 Å². The third kappa shape index (κ3) is 6.18. The van der Waals surface area contributed by atoms with Crippen molar-refractivity contribution in [2.75, 3.05) is 54.1 Å². The summed E-state index contributed by atoms with van der Waals surface area (Å²) in [6.45, 7) is 5.86. The molecule has 0 spiro atoms. The van der Waals surface area contributed by atoms with Crippen molar-refractivity contribution in [2.24, 2.45) is 0 Å². The molecule has 2 aromatic rings. The van der Waals surface area contributed by atoms with E-state index in [1.807, 2.05) is 11.8 Å². The van der Waals surface area contributed by atoms with E-state index in [2.05, 4.69) is 10.2 Å². The molecule has 1 saturated heterocycles. The lowest BCUT2D eigenvalue weighted by atomic mass is 9.93. The van der Waals surface area contributed by atoms with Crippen LogP contribution >= 0.6 is 11.6 Å². The molecule has 0 aromatic heterocycles. The molecule has 0 radical (unpaired) electrons. The van der Waals surface area contributed by atoms with Gasteiger partial charge < -0.3 is 24.4 Å². The van der Waals surface area contributed by atoms with Crippen LogP contribution in [0, 0.1) is 0 Å². The van der Waals surface area contributed by atoms with Gasteiger partial charge in [0.05, 0.1) is 32.4 Å². The van der Waals surface area contributed by atoms with Gasteiger partial charge in [0, 0.05) is 61.6 Å². The van der Waals surface area contributed by atoms with Crippen LogP contribution in [0.4, 0.5) is 4.79 Å². The maximum atomic E-state index is 13.4. The first-order chi connectivity index (χ1) is 19.2. The summed E-state index contributed by atoms with van der Waals surface area (Å²) >= 11 is 5.98. The number of hydrogen-bond acceptors (Lipinski definition) is 7. The van der Waals surface area contributed by atoms with E-state index < -0.39 is 12.0 Å². The molecule has 2 aliphatic heterocycles. The second kappa shape index (κ2) is 12.6. The van der Waals surface area contributed by atoms with Crippen LogP contribution in [-0.2, 0) is 9.53 Å². The highest BCUT2D eigenvalue weighted by Gasteiger charge is 2.39. The molecule has 2 heterocycles. The number of nitrogens with zero attached hydrogens (tertiary/aromatic N) is 3. The number of halogens is 1. The van der Waals surface area contributed by atoms with Gasteiger partial charge in [0.25, 0.3) is 5.91 Å². The first kappa shape index (κ1) is 29.2. The van der Waals surface area contributed by atoms with Crippen LogP contribution in [0.3, 0.4) is 0 Å². The fourth-order valence-electron chi connectivity index (χ4n) is 5.09. The summed E-state index contributed by atoms with van der Waals surface area (Å²) in [5.74, 6) is 0.488. The lowest BCUT2D eigenvalue weighted by Crippen LogP contribution is -2.56. The number of likely N-dealkylation sites (N-methyl/N-ethyl adjacent to an activating group) is 1. The first-order valence-electron chi connectivity index (χ1n) is 13.1. The Morgan fingerprint density at radius 3 is 2.27 bits per heavy atom. The van der Waals surface area contributed by atoms with Gasteiger partial charge in [-0.1, -0.05) is 11.6 Å². The van der Waals surface area contributed by atoms with Crippen molar-refractivity contribution in [3.63, 3.8) is 0 Å². The van der Waals surface area contributed by atoms with Crippen molar-refractivity contribution in [3.05, 3.63) is 69.9 Å². The number of carbonyl (C=O) groups is 3. The summed E-state index contributed by atoms with van der Waals surface area (Å²) in [4.78, 5) is 45.1. The van der Waals surface area contributed by atoms with Crippen molar-refractivity contribution in [1.82, 2.24) is 20.0 Å². The Bertz CT molecular complexity index is 1280. The zero-order chi connectivity index (χ0) is 29.0. The Balaban J connectivity index is 1.64. The molecule has 1 N–H and O–H groups in total. The smallest absolute Gasteiger partial charge is 0.338 e. The SMILES string of the molecule is CCOC(=O)C1=C(CN2CCN(C(=O)c3ccc(Cl)cc3)C(C)C2)N(C)C(=O)NC1c1cc(OC)cc(OC)c1. The minimum atomic E-state index is -0.771. The van der Waals surface area contributed by atoms with Crippen LogP contribution < -0.4 is 14.8 Å². The van der Waals surface area contributed by atoms with Crippen molar-refractivity contribution in [3.8, 4) is 11.5 Å². The highest BCUT2D eigenvalue weighted by Crippen LogP contribution is 2.35. The average molecular weight is 571 g/mol. The number of piperazine rings is 1. The minimum absolute atomic E-state index is 0.0588. The number of urea groups is 1. The third-order valence-corrected chi connectivity index (χ3v) is 7.47. The number of amides is 3. The van der Waals surface area contributed by atoms with Crippen molar-refractivity contribution in [2.45, 2.75) is 25.9 Å². The van der Waals surface area contributed by atoms with Crippen LogP contribution in [0.1, 0.15) is 35.8 Å². The van der Waals surface area contributed by atoms with Gasteiger partial charge in [-0.3, -0.25) is 14.6 Å². The molecule has 214 valence electrons. The van der Waals surface area contributed by atoms with Crippen LogP contribution in [0.5, 0.6) is 11.5 Å². The predicted molar refractivity (Wildman–Crippen MR) is 151 cm³/mol. The lowest BCUT2D eigenvalue weighted by molar-refractivity contribution is -0.139. The maximum absolute atomic E-state index is 13.4. The lowest BCUT2D eigenvalue weighted by Gasteiger charge is -2.42. The van der Waals surface area contributed by atoms with Gasteiger partial charge in [-0.25, -0.2) is 9.59 Å². The van der Waals surface area contributed by atoms with Gasteiger partial charge in [0.1, 0.15) is 11.5 Å². The number of nitrogens with one attached hydrogen (secondary N) is 1. The van der Waals surface area contributed by atoms with E-state index in [9.17, 15) is 14.4 Å². The van der Waals surface area contributed by atoms with E-state index >= 15 is 0 Å². The van der Waals surface area contributed by atoms with E-state index in [1.54, 1.807) is 56.4 Å². The van der Waals surface area contributed by atoms with Crippen molar-refractivity contribution < 1.29 is 28.6 Å². The normalized spacial score (nSPS) is 19.8. The summed E-state index contributed by atoms with van der Waals surface area (Å²) in [6, 6.07) is 10.9. The van der Waals surface area contributed by atoms with Crippen LogP contribution in [0.15, 0.2) is 53.7 Å². The minimum Gasteiger partial charge on any atom is -0.497 e. The maximum Gasteiger partial charge on any atom is 0.338 e. The van der Waals surface area contributed by atoms with Gasteiger partial charge >= 0.3 is 12.0 Å². The molecule has 2 aromatic carbocycles. The Hall–Kier alpha value is -3.76. The molecule has 3 amide bonds. The average Bonchev–Trinajstić information content (AvgIpc) is 2.95. The molecule has 2 aliphatic rings. The monoisotopic (exact) mass is 570 g/mol. The summed E-state index contributed by atoms with van der Waals surface area (Å²) in [5.41, 5.74) is 2.09. The standard InChI is InChI=1S/C29H35ClN4O6/c1-6-40-28(36)25-24(32(3)29(37)31-26(25)20-13-22(38-4)15-23(14-20)39-5)17-33-11-12-34(18(2)16-33)27(35)19-7-9-21(30)10-8-19/h7-10,13-15,18,26H,6,11-12,16-17H2,1-5H3,(H,31,37). The topological polar surface area (TPSA) is 101 Å². The number of methoxy groups -OCH3 is 2. The highest BCUT2D eigenvalue weighted by molar-refractivity contribution is 6.30. The van der Waals surface area contributed by atoms with Crippen LogP contribution in [0.25, 0.3) is 0 Å². The number of ether oxygens (including phenoxy) is 3. The van der Waals surface area contributed by atoms with Crippen LogP contribution in [-0.4, -0.2) is 92.7 Å². The van der Waals surface area contributed by atoms with E-state index in [-0.39, 0.29) is 24.6 Å². The molecule has 2 unspecified atom stereocenters. The molecule has 40 heavy (non-hydrogen) atoms. The largest absolute Gasteiger partial charge is 0.497 e. The van der Waals surface area contributed by atoms with E-state index in [4.69, 9.17) is 25.8 Å². The summed E-state index contributed by atoms with van der Waals surface area (Å²) in [5, 5.41) is 3.51. The van der Waals surface area contributed by atoms with E-state index in [0.717, 1.165) is 0 Å². The molecule has 4 rings (SSSR count). The first-order valence-corrected chi connectivity index (χ1v) is 13.5. The number of carbonyl (C=O) groups excluding carboxylic acids is 3. The zero-order valence-electron chi connectivity index (χ0n) is 23.4.